The van der Waals surface area contributed by atoms with Gasteiger partial charge in [0.1, 0.15) is 18.5 Å². The summed E-state index contributed by atoms with van der Waals surface area (Å²) in [6.07, 6.45) is -1.91. The quantitative estimate of drug-likeness (QED) is 0.401. The fraction of sp³-hybridized carbons (Fsp3) is 0.333. The summed E-state index contributed by atoms with van der Waals surface area (Å²) < 4.78 is 25.7. The third-order valence-electron chi connectivity index (χ3n) is 5.25. The van der Waals surface area contributed by atoms with Crippen molar-refractivity contribution in [1.82, 2.24) is 5.32 Å². The minimum Gasteiger partial charge on any atom is -0.444 e. The number of amides is 2. The SMILES string of the molecule is [N-]=[N+]=NC[C@H]1CN(c2ccc(N(C(=O)OCc3ccccc3)C3CNC3)c(F)c2)C(=O)O1. The van der Waals surface area contributed by atoms with Crippen molar-refractivity contribution in [2.24, 2.45) is 5.11 Å². The second-order valence-corrected chi connectivity index (χ2v) is 7.39. The second-order valence-electron chi connectivity index (χ2n) is 7.39. The van der Waals surface area contributed by atoms with Crippen LogP contribution in [0.25, 0.3) is 10.4 Å². The number of carbonyl (C=O) groups excluding carboxylic acids is 2. The van der Waals surface area contributed by atoms with Crippen LogP contribution in [-0.4, -0.2) is 50.5 Å². The minimum atomic E-state index is -0.669. The van der Waals surface area contributed by atoms with E-state index < -0.39 is 24.1 Å². The number of rotatable bonds is 7. The lowest BCUT2D eigenvalue weighted by atomic mass is 10.1. The van der Waals surface area contributed by atoms with E-state index in [1.165, 1.54) is 21.9 Å². The lowest BCUT2D eigenvalue weighted by Crippen LogP contribution is -2.59. The Morgan fingerprint density at radius 2 is 2.09 bits per heavy atom. The summed E-state index contributed by atoms with van der Waals surface area (Å²) in [5, 5.41) is 6.47. The average Bonchev–Trinajstić information content (AvgIpc) is 3.14. The number of hydrogen-bond acceptors (Lipinski definition) is 6. The van der Waals surface area contributed by atoms with Crippen molar-refractivity contribution < 1.29 is 23.5 Å². The number of nitrogens with one attached hydrogen (secondary N) is 1. The van der Waals surface area contributed by atoms with E-state index in [9.17, 15) is 9.59 Å². The molecule has 0 aromatic heterocycles. The monoisotopic (exact) mass is 440 g/mol. The fourth-order valence-corrected chi connectivity index (χ4v) is 3.50. The van der Waals surface area contributed by atoms with E-state index >= 15 is 4.39 Å². The van der Waals surface area contributed by atoms with Crippen LogP contribution in [0.15, 0.2) is 53.6 Å². The number of benzene rings is 2. The number of carbonyl (C=O) groups is 2. The number of nitrogens with zero attached hydrogens (tertiary/aromatic N) is 5. The van der Waals surface area contributed by atoms with Crippen LogP contribution < -0.4 is 15.1 Å². The van der Waals surface area contributed by atoms with Gasteiger partial charge in [-0.1, -0.05) is 35.4 Å². The van der Waals surface area contributed by atoms with Gasteiger partial charge in [-0.15, -0.1) is 0 Å². The average molecular weight is 440 g/mol. The summed E-state index contributed by atoms with van der Waals surface area (Å²) in [7, 11) is 0. The van der Waals surface area contributed by atoms with Crippen molar-refractivity contribution in [2.45, 2.75) is 18.8 Å². The zero-order chi connectivity index (χ0) is 22.5. The van der Waals surface area contributed by atoms with E-state index in [0.29, 0.717) is 13.1 Å². The van der Waals surface area contributed by atoms with Gasteiger partial charge >= 0.3 is 12.2 Å². The number of azide groups is 1. The first kappa shape index (κ1) is 21.4. The maximum atomic E-state index is 15.1. The number of cyclic esters (lactones) is 1. The Hall–Kier alpha value is -3.82. The van der Waals surface area contributed by atoms with Crippen molar-refractivity contribution in [3.05, 3.63) is 70.4 Å². The van der Waals surface area contributed by atoms with Crippen molar-refractivity contribution in [1.29, 1.82) is 0 Å². The highest BCUT2D eigenvalue weighted by Gasteiger charge is 2.35. The van der Waals surface area contributed by atoms with Crippen molar-refractivity contribution in [3.63, 3.8) is 0 Å². The molecule has 2 aliphatic heterocycles. The van der Waals surface area contributed by atoms with Crippen molar-refractivity contribution in [3.8, 4) is 0 Å². The molecule has 0 unspecified atom stereocenters. The molecule has 2 aliphatic rings. The van der Waals surface area contributed by atoms with Crippen molar-refractivity contribution in [2.75, 3.05) is 36.0 Å². The molecule has 10 nitrogen and oxygen atoms in total. The van der Waals surface area contributed by atoms with Gasteiger partial charge in [-0.3, -0.25) is 9.80 Å². The molecule has 0 spiro atoms. The topological polar surface area (TPSA) is 120 Å². The molecule has 2 heterocycles. The Morgan fingerprint density at radius 3 is 2.75 bits per heavy atom. The highest BCUT2D eigenvalue weighted by molar-refractivity contribution is 5.92. The van der Waals surface area contributed by atoms with E-state index in [1.54, 1.807) is 6.07 Å². The molecular weight excluding hydrogens is 419 g/mol. The van der Waals surface area contributed by atoms with Gasteiger partial charge in [-0.05, 0) is 29.3 Å². The molecule has 166 valence electrons. The summed E-state index contributed by atoms with van der Waals surface area (Å²) in [5.41, 5.74) is 9.59. The molecule has 1 N–H and O–H groups in total. The van der Waals surface area contributed by atoms with Crippen LogP contribution in [-0.2, 0) is 16.1 Å². The molecule has 11 heteroatoms. The van der Waals surface area contributed by atoms with Crippen molar-refractivity contribution >= 4 is 23.6 Å². The summed E-state index contributed by atoms with van der Waals surface area (Å²) in [6.45, 7) is 1.23. The first-order valence-corrected chi connectivity index (χ1v) is 10.1. The normalized spacial score (nSPS) is 17.8. The zero-order valence-corrected chi connectivity index (χ0v) is 17.1. The predicted molar refractivity (Wildman–Crippen MR) is 114 cm³/mol. The van der Waals surface area contributed by atoms with Crippen LogP contribution in [0.2, 0.25) is 0 Å². The van der Waals surface area contributed by atoms with Gasteiger partial charge < -0.3 is 14.8 Å². The standard InChI is InChI=1S/C21H21FN6O4/c22-18-8-15(27-12-17(11-25-26-23)32-20(27)29)6-7-19(18)28(16-9-24-10-16)21(30)31-13-14-4-2-1-3-5-14/h1-8,16-17,24H,9-13H2/t17-/m0/s1. The molecule has 1 atom stereocenters. The number of halogens is 1. The maximum Gasteiger partial charge on any atom is 0.415 e. The highest BCUT2D eigenvalue weighted by Crippen LogP contribution is 2.30. The largest absolute Gasteiger partial charge is 0.444 e. The first-order chi connectivity index (χ1) is 15.6. The summed E-state index contributed by atoms with van der Waals surface area (Å²) in [6, 6.07) is 13.1. The number of anilines is 2. The third kappa shape index (κ3) is 4.58. The molecule has 2 aromatic rings. The highest BCUT2D eigenvalue weighted by atomic mass is 19.1. The molecule has 0 saturated carbocycles. The van der Waals surface area contributed by atoms with Gasteiger partial charge in [0.15, 0.2) is 0 Å². The van der Waals surface area contributed by atoms with Gasteiger partial charge in [0.05, 0.1) is 30.5 Å². The second kappa shape index (κ2) is 9.54. The maximum absolute atomic E-state index is 15.1. The van der Waals surface area contributed by atoms with Crippen LogP contribution in [0, 0.1) is 5.82 Å². The van der Waals surface area contributed by atoms with Crippen LogP contribution in [0.4, 0.5) is 25.4 Å². The first-order valence-electron chi connectivity index (χ1n) is 10.1. The van der Waals surface area contributed by atoms with Crippen LogP contribution in [0.3, 0.4) is 0 Å². The Kier molecular flexibility index (Phi) is 6.39. The fourth-order valence-electron chi connectivity index (χ4n) is 3.50. The summed E-state index contributed by atoms with van der Waals surface area (Å²) in [5.74, 6) is -0.669. The summed E-state index contributed by atoms with van der Waals surface area (Å²) >= 11 is 0. The van der Waals surface area contributed by atoms with Gasteiger partial charge in [0.25, 0.3) is 0 Å². The summed E-state index contributed by atoms with van der Waals surface area (Å²) in [4.78, 5) is 30.2. The molecule has 2 saturated heterocycles. The van der Waals surface area contributed by atoms with Gasteiger partial charge in [-0.25, -0.2) is 14.0 Å². The molecule has 0 aliphatic carbocycles. The lowest BCUT2D eigenvalue weighted by Gasteiger charge is -2.37. The Labute approximate surface area is 183 Å². The molecular formula is C21H21FN6O4. The Balaban J connectivity index is 1.50. The van der Waals surface area contributed by atoms with Gasteiger partial charge in [-0.2, -0.15) is 0 Å². The molecule has 4 rings (SSSR count). The Bertz CT molecular complexity index is 1040. The third-order valence-corrected chi connectivity index (χ3v) is 5.25. The van der Waals surface area contributed by atoms with E-state index in [2.05, 4.69) is 15.3 Å². The lowest BCUT2D eigenvalue weighted by molar-refractivity contribution is 0.141. The van der Waals surface area contributed by atoms with E-state index in [-0.39, 0.29) is 37.1 Å². The zero-order valence-electron chi connectivity index (χ0n) is 17.1. The molecule has 2 aromatic carbocycles. The predicted octanol–water partition coefficient (Wildman–Crippen LogP) is 3.58. The van der Waals surface area contributed by atoms with E-state index in [4.69, 9.17) is 15.0 Å². The molecule has 0 radical (unpaired) electrons. The van der Waals surface area contributed by atoms with Crippen LogP contribution in [0.1, 0.15) is 5.56 Å². The number of ether oxygens (including phenoxy) is 2. The molecule has 2 fully saturated rings. The smallest absolute Gasteiger partial charge is 0.415 e. The van der Waals surface area contributed by atoms with Gasteiger partial charge in [0.2, 0.25) is 0 Å². The van der Waals surface area contributed by atoms with E-state index in [1.807, 2.05) is 30.3 Å². The van der Waals surface area contributed by atoms with Crippen LogP contribution in [0.5, 0.6) is 0 Å². The number of hydrogen-bond donors (Lipinski definition) is 1. The Morgan fingerprint density at radius 1 is 1.31 bits per heavy atom. The minimum absolute atomic E-state index is 0.00494. The molecule has 2 amide bonds. The van der Waals surface area contributed by atoms with Crippen LogP contribution >= 0.6 is 0 Å². The molecule has 32 heavy (non-hydrogen) atoms. The van der Waals surface area contributed by atoms with E-state index in [0.717, 1.165) is 5.56 Å². The van der Waals surface area contributed by atoms with Gasteiger partial charge in [0, 0.05) is 18.0 Å². The molecule has 0 bridgehead atoms.